The van der Waals surface area contributed by atoms with Crippen LogP contribution in [0.1, 0.15) is 43.2 Å². The molecule has 140 valence electrons. The van der Waals surface area contributed by atoms with Gasteiger partial charge in [-0.25, -0.2) is 0 Å². The predicted octanol–water partition coefficient (Wildman–Crippen LogP) is 2.76. The molecule has 25 heavy (non-hydrogen) atoms. The van der Waals surface area contributed by atoms with E-state index in [-0.39, 0.29) is 0 Å². The Morgan fingerprint density at radius 1 is 1.16 bits per heavy atom. The molecule has 1 aromatic rings. The van der Waals surface area contributed by atoms with E-state index in [0.717, 1.165) is 31.6 Å². The maximum atomic E-state index is 5.07. The van der Waals surface area contributed by atoms with Crippen molar-refractivity contribution in [2.75, 3.05) is 34.4 Å². The van der Waals surface area contributed by atoms with Crippen molar-refractivity contribution in [2.24, 2.45) is 4.99 Å². The van der Waals surface area contributed by atoms with Crippen molar-refractivity contribution in [3.05, 3.63) is 35.4 Å². The SMILES string of the molecule is CN=C(NCCOC)NCc1ccccc1CN(C)C1CCCCC1. The van der Waals surface area contributed by atoms with E-state index in [1.807, 2.05) is 0 Å². The van der Waals surface area contributed by atoms with Crippen LogP contribution in [0.15, 0.2) is 29.3 Å². The van der Waals surface area contributed by atoms with E-state index < -0.39 is 0 Å². The van der Waals surface area contributed by atoms with Gasteiger partial charge in [0.1, 0.15) is 0 Å². The Kier molecular flexibility index (Phi) is 8.77. The van der Waals surface area contributed by atoms with Crippen LogP contribution in [0, 0.1) is 0 Å². The molecule has 1 fully saturated rings. The van der Waals surface area contributed by atoms with Gasteiger partial charge < -0.3 is 15.4 Å². The number of hydrogen-bond acceptors (Lipinski definition) is 3. The number of guanidine groups is 1. The highest BCUT2D eigenvalue weighted by molar-refractivity contribution is 5.79. The van der Waals surface area contributed by atoms with Gasteiger partial charge in [-0.05, 0) is 31.0 Å². The zero-order chi connectivity index (χ0) is 17.9. The molecule has 5 nitrogen and oxygen atoms in total. The van der Waals surface area contributed by atoms with E-state index in [9.17, 15) is 0 Å². The molecule has 2 rings (SSSR count). The average Bonchev–Trinajstić information content (AvgIpc) is 2.66. The predicted molar refractivity (Wildman–Crippen MR) is 105 cm³/mol. The molecule has 0 atom stereocenters. The maximum absolute atomic E-state index is 5.07. The van der Waals surface area contributed by atoms with E-state index >= 15 is 0 Å². The molecule has 0 radical (unpaired) electrons. The third kappa shape index (κ3) is 6.67. The Hall–Kier alpha value is -1.59. The van der Waals surface area contributed by atoms with E-state index in [1.165, 1.54) is 43.2 Å². The summed E-state index contributed by atoms with van der Waals surface area (Å²) in [6.07, 6.45) is 6.84. The third-order valence-electron chi connectivity index (χ3n) is 5.00. The molecule has 0 heterocycles. The lowest BCUT2D eigenvalue weighted by Gasteiger charge is -2.31. The van der Waals surface area contributed by atoms with Gasteiger partial charge in [0.2, 0.25) is 0 Å². The molecule has 0 aromatic heterocycles. The lowest BCUT2D eigenvalue weighted by molar-refractivity contribution is 0.184. The highest BCUT2D eigenvalue weighted by atomic mass is 16.5. The first-order valence-corrected chi connectivity index (χ1v) is 9.45. The number of ether oxygens (including phenoxy) is 1. The molecule has 1 aliphatic rings. The van der Waals surface area contributed by atoms with Crippen molar-refractivity contribution in [2.45, 2.75) is 51.2 Å². The number of nitrogens with zero attached hydrogens (tertiary/aromatic N) is 2. The first-order chi connectivity index (χ1) is 12.2. The minimum atomic E-state index is 0.670. The second kappa shape index (κ2) is 11.1. The van der Waals surface area contributed by atoms with Gasteiger partial charge in [0, 0.05) is 39.8 Å². The van der Waals surface area contributed by atoms with E-state index in [1.54, 1.807) is 14.2 Å². The monoisotopic (exact) mass is 346 g/mol. The van der Waals surface area contributed by atoms with Crippen molar-refractivity contribution in [1.29, 1.82) is 0 Å². The van der Waals surface area contributed by atoms with Gasteiger partial charge in [-0.1, -0.05) is 43.5 Å². The molecule has 0 unspecified atom stereocenters. The van der Waals surface area contributed by atoms with Gasteiger partial charge in [0.15, 0.2) is 5.96 Å². The van der Waals surface area contributed by atoms with Gasteiger partial charge in [-0.2, -0.15) is 0 Å². The summed E-state index contributed by atoms with van der Waals surface area (Å²) in [6.45, 7) is 3.21. The van der Waals surface area contributed by atoms with Gasteiger partial charge >= 0.3 is 0 Å². The Morgan fingerprint density at radius 2 is 1.88 bits per heavy atom. The number of nitrogens with one attached hydrogen (secondary N) is 2. The number of hydrogen-bond donors (Lipinski definition) is 2. The summed E-state index contributed by atoms with van der Waals surface area (Å²) in [5.41, 5.74) is 2.73. The van der Waals surface area contributed by atoms with Gasteiger partial charge in [0.25, 0.3) is 0 Å². The van der Waals surface area contributed by atoms with Crippen LogP contribution < -0.4 is 10.6 Å². The highest BCUT2D eigenvalue weighted by Gasteiger charge is 2.18. The van der Waals surface area contributed by atoms with Gasteiger partial charge in [-0.3, -0.25) is 9.89 Å². The number of rotatable bonds is 8. The Labute approximate surface area is 152 Å². The van der Waals surface area contributed by atoms with Crippen LogP contribution in [0.2, 0.25) is 0 Å². The van der Waals surface area contributed by atoms with Crippen LogP contribution in [-0.4, -0.2) is 51.3 Å². The fourth-order valence-corrected chi connectivity index (χ4v) is 3.47. The van der Waals surface area contributed by atoms with Crippen LogP contribution in [0.4, 0.5) is 0 Å². The van der Waals surface area contributed by atoms with Gasteiger partial charge in [0.05, 0.1) is 6.61 Å². The smallest absolute Gasteiger partial charge is 0.191 e. The Morgan fingerprint density at radius 3 is 2.56 bits per heavy atom. The number of benzene rings is 1. The molecule has 0 bridgehead atoms. The zero-order valence-electron chi connectivity index (χ0n) is 16.1. The van der Waals surface area contributed by atoms with Crippen LogP contribution >= 0.6 is 0 Å². The Bertz CT molecular complexity index is 526. The highest BCUT2D eigenvalue weighted by Crippen LogP contribution is 2.23. The van der Waals surface area contributed by atoms with Crippen molar-refractivity contribution in [3.8, 4) is 0 Å². The molecule has 5 heteroatoms. The van der Waals surface area contributed by atoms with Crippen LogP contribution in [0.3, 0.4) is 0 Å². The molecular weight excluding hydrogens is 312 g/mol. The topological polar surface area (TPSA) is 48.9 Å². The van der Waals surface area contributed by atoms with Crippen molar-refractivity contribution < 1.29 is 4.74 Å². The zero-order valence-corrected chi connectivity index (χ0v) is 16.1. The van der Waals surface area contributed by atoms with Crippen LogP contribution in [-0.2, 0) is 17.8 Å². The van der Waals surface area contributed by atoms with Gasteiger partial charge in [-0.15, -0.1) is 0 Å². The van der Waals surface area contributed by atoms with E-state index in [2.05, 4.69) is 51.8 Å². The van der Waals surface area contributed by atoms with Crippen LogP contribution in [0.25, 0.3) is 0 Å². The summed E-state index contributed by atoms with van der Waals surface area (Å²) in [5, 5.41) is 6.66. The molecule has 0 aliphatic heterocycles. The summed E-state index contributed by atoms with van der Waals surface area (Å²) in [4.78, 5) is 6.80. The summed E-state index contributed by atoms with van der Waals surface area (Å²) < 4.78 is 5.07. The fraction of sp³-hybridized carbons (Fsp3) is 0.650. The largest absolute Gasteiger partial charge is 0.383 e. The molecule has 1 saturated carbocycles. The summed E-state index contributed by atoms with van der Waals surface area (Å²) in [5.74, 6) is 0.812. The molecule has 0 saturated heterocycles. The molecule has 2 N–H and O–H groups in total. The lowest BCUT2D eigenvalue weighted by atomic mass is 9.94. The number of aliphatic imine (C=N–C) groups is 1. The molecule has 1 aromatic carbocycles. The quantitative estimate of drug-likeness (QED) is 0.432. The maximum Gasteiger partial charge on any atom is 0.191 e. The fourth-order valence-electron chi connectivity index (χ4n) is 3.47. The normalized spacial score (nSPS) is 16.2. The third-order valence-corrected chi connectivity index (χ3v) is 5.00. The lowest BCUT2D eigenvalue weighted by Crippen LogP contribution is -2.38. The first-order valence-electron chi connectivity index (χ1n) is 9.45. The standard InChI is InChI=1S/C20H34N4O/c1-21-20(22-13-14-25-3)23-15-17-9-7-8-10-18(17)16-24(2)19-11-5-4-6-12-19/h7-10,19H,4-6,11-16H2,1-3H3,(H2,21,22,23). The average molecular weight is 347 g/mol. The van der Waals surface area contributed by atoms with Crippen LogP contribution in [0.5, 0.6) is 0 Å². The van der Waals surface area contributed by atoms with Crippen molar-refractivity contribution in [1.82, 2.24) is 15.5 Å². The molecule has 1 aliphatic carbocycles. The second-order valence-electron chi connectivity index (χ2n) is 6.82. The van der Waals surface area contributed by atoms with Crippen molar-refractivity contribution in [3.63, 3.8) is 0 Å². The summed E-state index contributed by atoms with van der Waals surface area (Å²) >= 11 is 0. The Balaban J connectivity index is 1.90. The summed E-state index contributed by atoms with van der Waals surface area (Å²) in [6, 6.07) is 9.44. The first kappa shape index (κ1) is 19.7. The van der Waals surface area contributed by atoms with E-state index in [4.69, 9.17) is 4.74 Å². The second-order valence-corrected chi connectivity index (χ2v) is 6.82. The minimum absolute atomic E-state index is 0.670. The van der Waals surface area contributed by atoms with E-state index in [0.29, 0.717) is 6.61 Å². The molecule has 0 spiro atoms. The molecular formula is C20H34N4O. The minimum Gasteiger partial charge on any atom is -0.383 e. The molecule has 0 amide bonds. The summed E-state index contributed by atoms with van der Waals surface area (Å²) in [7, 11) is 5.77. The number of methoxy groups -OCH3 is 1. The van der Waals surface area contributed by atoms with Crippen molar-refractivity contribution >= 4 is 5.96 Å².